The Morgan fingerprint density at radius 2 is 2.04 bits per heavy atom. The van der Waals surface area contributed by atoms with Crippen molar-refractivity contribution < 1.29 is 9.53 Å². The summed E-state index contributed by atoms with van der Waals surface area (Å²) in [5.41, 5.74) is 1.25. The third kappa shape index (κ3) is 3.92. The number of unbranched alkanes of at least 4 members (excludes halogenated alkanes) is 1. The second-order valence-corrected chi connectivity index (χ2v) is 6.68. The van der Waals surface area contributed by atoms with Crippen molar-refractivity contribution in [3.05, 3.63) is 35.4 Å². The van der Waals surface area contributed by atoms with Gasteiger partial charge in [0, 0.05) is 18.7 Å². The summed E-state index contributed by atoms with van der Waals surface area (Å²) in [5, 5.41) is 8.87. The topological polar surface area (TPSA) is 53.3 Å². The van der Waals surface area contributed by atoms with Gasteiger partial charge in [-0.15, -0.1) is 0 Å². The highest BCUT2D eigenvalue weighted by atomic mass is 16.5. The Kier molecular flexibility index (Phi) is 4.97. The summed E-state index contributed by atoms with van der Waals surface area (Å²) in [7, 11) is 0. The monoisotopic (exact) mass is 312 g/mol. The molecule has 4 heteroatoms. The zero-order valence-electron chi connectivity index (χ0n) is 13.7. The van der Waals surface area contributed by atoms with Gasteiger partial charge < -0.3 is 9.64 Å². The first kappa shape index (κ1) is 16.0. The van der Waals surface area contributed by atoms with Gasteiger partial charge in [0.2, 0.25) is 0 Å². The smallest absolute Gasteiger partial charge is 0.254 e. The molecule has 0 unspecified atom stereocenters. The van der Waals surface area contributed by atoms with Crippen LogP contribution in [-0.4, -0.2) is 36.1 Å². The van der Waals surface area contributed by atoms with Gasteiger partial charge in [-0.1, -0.05) is 19.8 Å². The first-order chi connectivity index (χ1) is 11.2. The van der Waals surface area contributed by atoms with Gasteiger partial charge in [-0.3, -0.25) is 4.79 Å². The maximum atomic E-state index is 12.8. The van der Waals surface area contributed by atoms with Crippen molar-refractivity contribution in [2.45, 2.75) is 51.2 Å². The molecule has 1 heterocycles. The predicted molar refractivity (Wildman–Crippen MR) is 88.0 cm³/mol. The molecule has 2 fully saturated rings. The highest BCUT2D eigenvalue weighted by molar-refractivity contribution is 5.94. The molecular weight excluding hydrogens is 288 g/mol. The largest absolute Gasteiger partial charge is 0.371 e. The van der Waals surface area contributed by atoms with Crippen LogP contribution in [0, 0.1) is 17.2 Å². The quantitative estimate of drug-likeness (QED) is 0.837. The molecule has 1 aliphatic heterocycles. The van der Waals surface area contributed by atoms with Crippen LogP contribution in [0.25, 0.3) is 0 Å². The predicted octanol–water partition coefficient (Wildman–Crippen LogP) is 3.37. The summed E-state index contributed by atoms with van der Waals surface area (Å²) in [6.07, 6.45) is 6.13. The Morgan fingerprint density at radius 1 is 1.30 bits per heavy atom. The number of benzene rings is 1. The summed E-state index contributed by atoms with van der Waals surface area (Å²) in [6, 6.07) is 9.01. The number of amides is 1. The first-order valence-corrected chi connectivity index (χ1v) is 8.66. The number of hydrogen-bond acceptors (Lipinski definition) is 3. The van der Waals surface area contributed by atoms with Crippen LogP contribution in [0.15, 0.2) is 24.3 Å². The van der Waals surface area contributed by atoms with E-state index in [4.69, 9.17) is 10.00 Å². The molecule has 4 nitrogen and oxygen atoms in total. The Morgan fingerprint density at radius 3 is 2.65 bits per heavy atom. The van der Waals surface area contributed by atoms with Crippen LogP contribution >= 0.6 is 0 Å². The van der Waals surface area contributed by atoms with E-state index in [1.54, 1.807) is 24.3 Å². The van der Waals surface area contributed by atoms with Crippen LogP contribution in [0.3, 0.4) is 0 Å². The molecule has 23 heavy (non-hydrogen) atoms. The highest BCUT2D eigenvalue weighted by Gasteiger charge is 2.39. The first-order valence-electron chi connectivity index (χ1n) is 8.66. The molecule has 1 aromatic carbocycles. The lowest BCUT2D eigenvalue weighted by Gasteiger charge is -2.38. The van der Waals surface area contributed by atoms with Crippen molar-refractivity contribution in [2.75, 3.05) is 13.1 Å². The standard InChI is InChI=1S/C19H24N2O2/c1-2-3-4-17-12-21(13-18(23-17)15-9-10-15)19(22)16-7-5-14(11-20)6-8-16/h5-8,15,17-18H,2-4,9-10,12-13H2,1H3/t17-,18-/m1/s1. The lowest BCUT2D eigenvalue weighted by Crippen LogP contribution is -2.50. The van der Waals surface area contributed by atoms with E-state index in [0.29, 0.717) is 30.1 Å². The minimum absolute atomic E-state index is 0.0601. The molecule has 0 spiro atoms. The molecule has 1 amide bonds. The van der Waals surface area contributed by atoms with E-state index >= 15 is 0 Å². The van der Waals surface area contributed by atoms with E-state index in [1.165, 1.54) is 12.8 Å². The van der Waals surface area contributed by atoms with E-state index in [1.807, 2.05) is 4.90 Å². The number of ether oxygens (including phenoxy) is 1. The SMILES string of the molecule is CCCC[C@@H]1CN(C(=O)c2ccc(C#N)cc2)C[C@H](C2CC2)O1. The van der Waals surface area contributed by atoms with Crippen LogP contribution in [0.5, 0.6) is 0 Å². The van der Waals surface area contributed by atoms with Crippen LogP contribution < -0.4 is 0 Å². The molecule has 3 rings (SSSR count). The van der Waals surface area contributed by atoms with Crippen molar-refractivity contribution >= 4 is 5.91 Å². The van der Waals surface area contributed by atoms with Gasteiger partial charge in [-0.25, -0.2) is 0 Å². The molecule has 122 valence electrons. The Labute approximate surface area is 138 Å². The molecule has 1 aromatic rings. The summed E-state index contributed by atoms with van der Waals surface area (Å²) in [5.74, 6) is 0.695. The van der Waals surface area contributed by atoms with E-state index in [2.05, 4.69) is 13.0 Å². The molecule has 0 aromatic heterocycles. The van der Waals surface area contributed by atoms with Crippen molar-refractivity contribution in [3.63, 3.8) is 0 Å². The minimum Gasteiger partial charge on any atom is -0.371 e. The maximum Gasteiger partial charge on any atom is 0.254 e. The molecule has 0 N–H and O–H groups in total. The molecule has 1 saturated carbocycles. The minimum atomic E-state index is 0.0601. The lowest BCUT2D eigenvalue weighted by atomic mass is 10.0. The van der Waals surface area contributed by atoms with Gasteiger partial charge in [0.15, 0.2) is 0 Å². The maximum absolute atomic E-state index is 12.8. The van der Waals surface area contributed by atoms with Crippen molar-refractivity contribution in [1.29, 1.82) is 5.26 Å². The molecule has 2 aliphatic rings. The summed E-state index contributed by atoms with van der Waals surface area (Å²) in [4.78, 5) is 14.7. The Bertz CT molecular complexity index is 586. The van der Waals surface area contributed by atoms with E-state index in [-0.39, 0.29) is 18.1 Å². The third-order valence-electron chi connectivity index (χ3n) is 4.77. The number of carbonyl (C=O) groups is 1. The van der Waals surface area contributed by atoms with Gasteiger partial charge in [0.25, 0.3) is 5.91 Å². The number of nitriles is 1. The number of hydrogen-bond donors (Lipinski definition) is 0. The molecule has 1 aliphatic carbocycles. The molecule has 1 saturated heterocycles. The van der Waals surface area contributed by atoms with Gasteiger partial charge in [-0.2, -0.15) is 5.26 Å². The third-order valence-corrected chi connectivity index (χ3v) is 4.77. The van der Waals surface area contributed by atoms with Crippen molar-refractivity contribution in [2.24, 2.45) is 5.92 Å². The number of nitrogens with zero attached hydrogens (tertiary/aromatic N) is 2. The fourth-order valence-electron chi connectivity index (χ4n) is 3.23. The zero-order valence-corrected chi connectivity index (χ0v) is 13.7. The highest BCUT2D eigenvalue weighted by Crippen LogP contribution is 2.37. The summed E-state index contributed by atoms with van der Waals surface area (Å²) in [6.45, 7) is 3.56. The van der Waals surface area contributed by atoms with Crippen LogP contribution in [0.1, 0.15) is 54.9 Å². The van der Waals surface area contributed by atoms with Crippen molar-refractivity contribution in [3.8, 4) is 6.07 Å². The fourth-order valence-corrected chi connectivity index (χ4v) is 3.23. The molecule has 0 bridgehead atoms. The summed E-state index contributed by atoms with van der Waals surface area (Å²) < 4.78 is 6.23. The summed E-state index contributed by atoms with van der Waals surface area (Å²) >= 11 is 0. The average Bonchev–Trinajstić information content (AvgIpc) is 3.44. The second kappa shape index (κ2) is 7.14. The van der Waals surface area contributed by atoms with Crippen LogP contribution in [-0.2, 0) is 4.74 Å². The van der Waals surface area contributed by atoms with Gasteiger partial charge >= 0.3 is 0 Å². The number of rotatable bonds is 5. The Hall–Kier alpha value is -1.86. The fraction of sp³-hybridized carbons (Fsp3) is 0.579. The molecule has 0 radical (unpaired) electrons. The molecular formula is C19H24N2O2. The van der Waals surface area contributed by atoms with Crippen LogP contribution in [0.4, 0.5) is 0 Å². The zero-order chi connectivity index (χ0) is 16.2. The second-order valence-electron chi connectivity index (χ2n) is 6.68. The van der Waals surface area contributed by atoms with Gasteiger partial charge in [0.1, 0.15) is 0 Å². The van der Waals surface area contributed by atoms with Gasteiger partial charge in [-0.05, 0) is 49.4 Å². The lowest BCUT2D eigenvalue weighted by molar-refractivity contribution is -0.0874. The van der Waals surface area contributed by atoms with Crippen molar-refractivity contribution in [1.82, 2.24) is 4.90 Å². The number of morpholine rings is 1. The molecule has 2 atom stereocenters. The number of carbonyl (C=O) groups excluding carboxylic acids is 1. The van der Waals surface area contributed by atoms with Gasteiger partial charge in [0.05, 0.1) is 23.8 Å². The van der Waals surface area contributed by atoms with E-state index < -0.39 is 0 Å². The average molecular weight is 312 g/mol. The van der Waals surface area contributed by atoms with E-state index in [9.17, 15) is 4.79 Å². The van der Waals surface area contributed by atoms with Crippen LogP contribution in [0.2, 0.25) is 0 Å². The normalized spacial score (nSPS) is 24.3. The van der Waals surface area contributed by atoms with E-state index in [0.717, 1.165) is 19.3 Å². The Balaban J connectivity index is 1.70.